The second-order valence-electron chi connectivity index (χ2n) is 9.56. The molecule has 1 aromatic rings. The highest BCUT2D eigenvalue weighted by Gasteiger charge is 2.59. The van der Waals surface area contributed by atoms with Crippen LogP contribution in [0.3, 0.4) is 0 Å². The molecule has 0 aliphatic heterocycles. The molecule has 2 fully saturated rings. The fraction of sp³-hybridized carbons (Fsp3) is 0.583. The molecule has 6 atom stereocenters. The second kappa shape index (κ2) is 5.88. The first-order valence-electron chi connectivity index (χ1n) is 10.5. The van der Waals surface area contributed by atoms with Crippen LogP contribution in [0.25, 0.3) is 5.57 Å². The Morgan fingerprint density at radius 2 is 2.11 bits per heavy atom. The van der Waals surface area contributed by atoms with Gasteiger partial charge in [-0.3, -0.25) is 9.78 Å². The molecule has 0 amide bonds. The van der Waals surface area contributed by atoms with Gasteiger partial charge in [0.25, 0.3) is 0 Å². The molecule has 142 valence electrons. The zero-order valence-corrected chi connectivity index (χ0v) is 16.3. The number of ketones is 1. The first kappa shape index (κ1) is 17.4. The van der Waals surface area contributed by atoms with Gasteiger partial charge in [0.1, 0.15) is 5.78 Å². The number of carbonyl (C=O) groups excluding carboxylic acids is 1. The van der Waals surface area contributed by atoms with E-state index in [0.717, 1.165) is 37.7 Å². The number of hydrogen-bond acceptors (Lipinski definition) is 3. The summed E-state index contributed by atoms with van der Waals surface area (Å²) in [5.41, 5.74) is 3.49. The SMILES string of the molecule is C[C@@]12C(=O)CCC1[C@@H]1CC=C3C[C@@H](O)CC[C@]3(C)C1C=C2c1cccnc1. The van der Waals surface area contributed by atoms with Crippen molar-refractivity contribution in [3.63, 3.8) is 0 Å². The van der Waals surface area contributed by atoms with Crippen molar-refractivity contribution in [2.45, 2.75) is 58.5 Å². The molecule has 1 heterocycles. The number of pyridine rings is 1. The van der Waals surface area contributed by atoms with Gasteiger partial charge in [0.05, 0.1) is 11.5 Å². The van der Waals surface area contributed by atoms with Gasteiger partial charge in [0, 0.05) is 18.8 Å². The lowest BCUT2D eigenvalue weighted by Crippen LogP contribution is -2.49. The lowest BCUT2D eigenvalue weighted by atomic mass is 9.48. The standard InChI is InChI=1S/C24H29NO2/c1-23-10-9-17(26)12-16(23)5-6-18-19-7-8-22(27)24(19,2)20(13-21(18)23)15-4-3-11-25-14-15/h3-5,11,13-14,17-19,21,26H,6-10,12H2,1-2H3/t17-,18-,19?,21?,23-,24+/m0/s1. The van der Waals surface area contributed by atoms with Crippen LogP contribution >= 0.6 is 0 Å². The van der Waals surface area contributed by atoms with Crippen LogP contribution in [0.5, 0.6) is 0 Å². The van der Waals surface area contributed by atoms with Gasteiger partial charge in [-0.05, 0) is 79.4 Å². The maximum atomic E-state index is 13.1. The molecular formula is C24H29NO2. The van der Waals surface area contributed by atoms with E-state index in [1.807, 2.05) is 12.3 Å². The van der Waals surface area contributed by atoms with Crippen LogP contribution in [-0.4, -0.2) is 22.0 Å². The maximum Gasteiger partial charge on any atom is 0.143 e. The number of aliphatic hydroxyl groups is 1. The Balaban J connectivity index is 1.68. The van der Waals surface area contributed by atoms with Crippen LogP contribution in [0.15, 0.2) is 42.3 Å². The molecule has 0 spiro atoms. The van der Waals surface area contributed by atoms with Crippen molar-refractivity contribution in [1.29, 1.82) is 0 Å². The van der Waals surface area contributed by atoms with Crippen molar-refractivity contribution in [2.75, 3.05) is 0 Å². The Labute approximate surface area is 161 Å². The molecule has 2 unspecified atom stereocenters. The number of allylic oxidation sites excluding steroid dienone is 3. The van der Waals surface area contributed by atoms with E-state index in [2.05, 4.69) is 37.0 Å². The number of carbonyl (C=O) groups is 1. The Hall–Kier alpha value is -1.74. The van der Waals surface area contributed by atoms with Crippen LogP contribution in [0.4, 0.5) is 0 Å². The average molecular weight is 364 g/mol. The monoisotopic (exact) mass is 363 g/mol. The molecule has 1 aromatic heterocycles. The first-order chi connectivity index (χ1) is 12.9. The Morgan fingerprint density at radius 1 is 1.26 bits per heavy atom. The summed E-state index contributed by atoms with van der Waals surface area (Å²) in [5, 5.41) is 10.2. The van der Waals surface area contributed by atoms with Gasteiger partial charge in [0.2, 0.25) is 0 Å². The average Bonchev–Trinajstić information content (AvgIpc) is 2.98. The molecule has 0 aromatic carbocycles. The third-order valence-corrected chi connectivity index (χ3v) is 8.42. The fourth-order valence-electron chi connectivity index (χ4n) is 6.84. The molecule has 1 N–H and O–H groups in total. The smallest absolute Gasteiger partial charge is 0.143 e. The van der Waals surface area contributed by atoms with Crippen molar-refractivity contribution < 1.29 is 9.90 Å². The van der Waals surface area contributed by atoms with Crippen LogP contribution in [-0.2, 0) is 4.79 Å². The summed E-state index contributed by atoms with van der Waals surface area (Å²) < 4.78 is 0. The molecule has 4 aliphatic rings. The molecule has 2 saturated carbocycles. The fourth-order valence-corrected chi connectivity index (χ4v) is 6.84. The number of Topliss-reactive ketones (excluding diaryl/α,β-unsaturated/α-hetero) is 1. The summed E-state index contributed by atoms with van der Waals surface area (Å²) in [6, 6.07) is 4.09. The molecule has 27 heavy (non-hydrogen) atoms. The van der Waals surface area contributed by atoms with Crippen molar-refractivity contribution in [1.82, 2.24) is 4.98 Å². The summed E-state index contributed by atoms with van der Waals surface area (Å²) in [4.78, 5) is 17.4. The van der Waals surface area contributed by atoms with Gasteiger partial charge >= 0.3 is 0 Å². The van der Waals surface area contributed by atoms with E-state index in [1.54, 1.807) is 6.20 Å². The number of aliphatic hydroxyl groups excluding tert-OH is 1. The quantitative estimate of drug-likeness (QED) is 0.743. The van der Waals surface area contributed by atoms with E-state index in [9.17, 15) is 9.90 Å². The number of aromatic nitrogens is 1. The summed E-state index contributed by atoms with van der Waals surface area (Å²) in [5.74, 6) is 1.80. The topological polar surface area (TPSA) is 50.2 Å². The van der Waals surface area contributed by atoms with Gasteiger partial charge in [-0.25, -0.2) is 0 Å². The summed E-state index contributed by atoms with van der Waals surface area (Å²) in [6.45, 7) is 4.59. The molecular weight excluding hydrogens is 334 g/mol. The first-order valence-corrected chi connectivity index (χ1v) is 10.5. The molecule has 0 saturated heterocycles. The van der Waals surface area contributed by atoms with E-state index in [-0.39, 0.29) is 16.9 Å². The van der Waals surface area contributed by atoms with Gasteiger partial charge in [-0.2, -0.15) is 0 Å². The number of fused-ring (bicyclic) bond motifs is 5. The molecule has 0 radical (unpaired) electrons. The minimum absolute atomic E-state index is 0.114. The maximum absolute atomic E-state index is 13.1. The van der Waals surface area contributed by atoms with Crippen LogP contribution < -0.4 is 0 Å². The largest absolute Gasteiger partial charge is 0.393 e. The normalized spacial score (nSPS) is 43.3. The minimum Gasteiger partial charge on any atom is -0.393 e. The zero-order chi connectivity index (χ0) is 18.8. The molecule has 4 aliphatic carbocycles. The predicted octanol–water partition coefficient (Wildman–Crippen LogP) is 4.58. The minimum atomic E-state index is -0.375. The Morgan fingerprint density at radius 3 is 2.89 bits per heavy atom. The zero-order valence-electron chi connectivity index (χ0n) is 16.3. The van der Waals surface area contributed by atoms with Crippen molar-refractivity contribution in [2.24, 2.45) is 28.6 Å². The van der Waals surface area contributed by atoms with Gasteiger partial charge in [-0.1, -0.05) is 30.7 Å². The lowest BCUT2D eigenvalue weighted by molar-refractivity contribution is -0.124. The molecule has 3 heteroatoms. The Bertz CT molecular complexity index is 841. The third-order valence-electron chi connectivity index (χ3n) is 8.42. The van der Waals surface area contributed by atoms with E-state index in [1.165, 1.54) is 11.1 Å². The highest BCUT2D eigenvalue weighted by Crippen LogP contribution is 2.64. The van der Waals surface area contributed by atoms with Crippen molar-refractivity contribution in [3.05, 3.63) is 47.8 Å². The van der Waals surface area contributed by atoms with Crippen LogP contribution in [0, 0.1) is 28.6 Å². The predicted molar refractivity (Wildman–Crippen MR) is 106 cm³/mol. The summed E-state index contributed by atoms with van der Waals surface area (Å²) in [7, 11) is 0. The second-order valence-corrected chi connectivity index (χ2v) is 9.56. The van der Waals surface area contributed by atoms with Gasteiger partial charge in [-0.15, -0.1) is 0 Å². The molecule has 3 nitrogen and oxygen atoms in total. The third kappa shape index (κ3) is 2.30. The van der Waals surface area contributed by atoms with E-state index in [0.29, 0.717) is 30.0 Å². The van der Waals surface area contributed by atoms with Gasteiger partial charge in [0.15, 0.2) is 0 Å². The van der Waals surface area contributed by atoms with Crippen LogP contribution in [0.1, 0.15) is 57.9 Å². The van der Waals surface area contributed by atoms with E-state index < -0.39 is 0 Å². The van der Waals surface area contributed by atoms with Gasteiger partial charge < -0.3 is 5.11 Å². The number of nitrogens with zero attached hydrogens (tertiary/aromatic N) is 1. The van der Waals surface area contributed by atoms with E-state index >= 15 is 0 Å². The Kier molecular flexibility index (Phi) is 3.78. The molecule has 5 rings (SSSR count). The van der Waals surface area contributed by atoms with E-state index in [4.69, 9.17) is 0 Å². The summed E-state index contributed by atoms with van der Waals surface area (Å²) >= 11 is 0. The summed E-state index contributed by atoms with van der Waals surface area (Å²) in [6.07, 6.45) is 13.9. The highest BCUT2D eigenvalue weighted by molar-refractivity contribution is 6.00. The lowest BCUT2D eigenvalue weighted by Gasteiger charge is -2.55. The number of hydrogen-bond donors (Lipinski definition) is 1. The molecule has 0 bridgehead atoms. The highest BCUT2D eigenvalue weighted by atomic mass is 16.3. The van der Waals surface area contributed by atoms with Crippen molar-refractivity contribution in [3.8, 4) is 0 Å². The van der Waals surface area contributed by atoms with Crippen molar-refractivity contribution >= 4 is 11.4 Å². The van der Waals surface area contributed by atoms with Crippen LogP contribution in [0.2, 0.25) is 0 Å². The number of rotatable bonds is 1.